The Morgan fingerprint density at radius 2 is 2.05 bits per heavy atom. The summed E-state index contributed by atoms with van der Waals surface area (Å²) in [4.78, 5) is 14.5. The van der Waals surface area contributed by atoms with E-state index in [9.17, 15) is 10.1 Å². The lowest BCUT2D eigenvalue weighted by Crippen LogP contribution is -2.24. The van der Waals surface area contributed by atoms with Crippen molar-refractivity contribution in [3.63, 3.8) is 0 Å². The van der Waals surface area contributed by atoms with Crippen LogP contribution in [0.4, 0.5) is 5.69 Å². The van der Waals surface area contributed by atoms with Gasteiger partial charge in [0.2, 0.25) is 0 Å². The summed E-state index contributed by atoms with van der Waals surface area (Å²) in [5.74, 6) is 0.894. The van der Waals surface area contributed by atoms with Crippen LogP contribution in [0.5, 0.6) is 0 Å². The summed E-state index contributed by atoms with van der Waals surface area (Å²) in [5, 5.41) is 18.1. The van der Waals surface area contributed by atoms with Crippen molar-refractivity contribution in [2.24, 2.45) is 0 Å². The zero-order valence-corrected chi connectivity index (χ0v) is 12.2. The van der Waals surface area contributed by atoms with Gasteiger partial charge in [-0.05, 0) is 12.0 Å². The first-order valence-corrected chi connectivity index (χ1v) is 6.89. The number of non-ortho nitro benzene ring substituents is 1. The van der Waals surface area contributed by atoms with Crippen molar-refractivity contribution in [1.29, 1.82) is 0 Å². The highest BCUT2D eigenvalue weighted by molar-refractivity contribution is 5.32. The van der Waals surface area contributed by atoms with Crippen molar-refractivity contribution in [3.8, 4) is 0 Å². The topological polar surface area (TPSA) is 85.9 Å². The Morgan fingerprint density at radius 3 is 2.67 bits per heavy atom. The van der Waals surface area contributed by atoms with Gasteiger partial charge in [0.05, 0.1) is 11.5 Å². The van der Waals surface area contributed by atoms with Gasteiger partial charge in [-0.25, -0.2) is 9.67 Å². The zero-order valence-electron chi connectivity index (χ0n) is 12.2. The molecule has 0 aliphatic rings. The Kier molecular flexibility index (Phi) is 4.99. The van der Waals surface area contributed by atoms with E-state index in [0.717, 1.165) is 17.8 Å². The van der Waals surface area contributed by atoms with Gasteiger partial charge in [-0.3, -0.25) is 10.1 Å². The smallest absolute Gasteiger partial charge is 0.269 e. The number of nitro groups is 1. The van der Waals surface area contributed by atoms with Gasteiger partial charge >= 0.3 is 0 Å². The van der Waals surface area contributed by atoms with Gasteiger partial charge in [0.1, 0.15) is 12.2 Å². The Balaban J connectivity index is 1.93. The third kappa shape index (κ3) is 4.35. The summed E-state index contributed by atoms with van der Waals surface area (Å²) in [7, 11) is 0. The van der Waals surface area contributed by atoms with Gasteiger partial charge in [0.15, 0.2) is 0 Å². The van der Waals surface area contributed by atoms with Crippen molar-refractivity contribution in [2.75, 3.05) is 0 Å². The number of benzene rings is 1. The maximum Gasteiger partial charge on any atom is 0.269 e. The molecule has 0 fully saturated rings. The molecule has 1 heterocycles. The SMILES string of the molecule is CC(C)NCc1ncnn1CCc1ccc([N+](=O)[O-])cc1. The van der Waals surface area contributed by atoms with Crippen molar-refractivity contribution >= 4 is 5.69 Å². The van der Waals surface area contributed by atoms with Crippen molar-refractivity contribution in [2.45, 2.75) is 39.4 Å². The highest BCUT2D eigenvalue weighted by Crippen LogP contribution is 2.12. The maximum atomic E-state index is 10.6. The lowest BCUT2D eigenvalue weighted by molar-refractivity contribution is -0.384. The van der Waals surface area contributed by atoms with Gasteiger partial charge in [0, 0.05) is 24.7 Å². The fourth-order valence-corrected chi connectivity index (χ4v) is 1.93. The molecule has 1 aromatic heterocycles. The minimum atomic E-state index is -0.392. The predicted molar refractivity (Wildman–Crippen MR) is 78.8 cm³/mol. The fraction of sp³-hybridized carbons (Fsp3) is 0.429. The van der Waals surface area contributed by atoms with Crippen LogP contribution in [-0.4, -0.2) is 25.7 Å². The molecule has 0 aliphatic carbocycles. The van der Waals surface area contributed by atoms with Crippen LogP contribution < -0.4 is 5.32 Å². The molecule has 0 unspecified atom stereocenters. The van der Waals surface area contributed by atoms with Crippen LogP contribution in [0, 0.1) is 10.1 Å². The molecule has 0 amide bonds. The van der Waals surface area contributed by atoms with Crippen LogP contribution >= 0.6 is 0 Å². The van der Waals surface area contributed by atoms with Crippen LogP contribution in [0.2, 0.25) is 0 Å². The van der Waals surface area contributed by atoms with Crippen LogP contribution in [0.15, 0.2) is 30.6 Å². The molecule has 0 radical (unpaired) electrons. The molecule has 7 nitrogen and oxygen atoms in total. The Hall–Kier alpha value is -2.28. The molecule has 0 spiro atoms. The number of aromatic nitrogens is 3. The van der Waals surface area contributed by atoms with E-state index < -0.39 is 4.92 Å². The molecule has 1 aromatic carbocycles. The van der Waals surface area contributed by atoms with E-state index in [-0.39, 0.29) is 5.69 Å². The van der Waals surface area contributed by atoms with E-state index in [1.165, 1.54) is 12.1 Å². The molecule has 1 N–H and O–H groups in total. The van der Waals surface area contributed by atoms with Gasteiger partial charge in [-0.1, -0.05) is 26.0 Å². The van der Waals surface area contributed by atoms with E-state index in [2.05, 4.69) is 29.2 Å². The number of hydrogen-bond donors (Lipinski definition) is 1. The van der Waals surface area contributed by atoms with Crippen LogP contribution in [0.1, 0.15) is 25.2 Å². The average molecular weight is 289 g/mol. The molecule has 2 rings (SSSR count). The molecular formula is C14H19N5O2. The summed E-state index contributed by atoms with van der Waals surface area (Å²) in [6.07, 6.45) is 2.31. The fourth-order valence-electron chi connectivity index (χ4n) is 1.93. The molecule has 21 heavy (non-hydrogen) atoms. The highest BCUT2D eigenvalue weighted by atomic mass is 16.6. The van der Waals surface area contributed by atoms with Gasteiger partial charge in [-0.2, -0.15) is 5.10 Å². The third-order valence-corrected chi connectivity index (χ3v) is 3.12. The number of nitrogens with one attached hydrogen (secondary N) is 1. The first-order chi connectivity index (χ1) is 10.1. The second-order valence-electron chi connectivity index (χ2n) is 5.11. The van der Waals surface area contributed by atoms with Gasteiger partial charge in [0.25, 0.3) is 5.69 Å². The van der Waals surface area contributed by atoms with Crippen LogP contribution in [0.3, 0.4) is 0 Å². The average Bonchev–Trinajstić information content (AvgIpc) is 2.90. The summed E-state index contributed by atoms with van der Waals surface area (Å²) in [6.45, 7) is 5.54. The second kappa shape index (κ2) is 6.94. The summed E-state index contributed by atoms with van der Waals surface area (Å²) < 4.78 is 1.86. The van der Waals surface area contributed by atoms with Gasteiger partial charge < -0.3 is 5.32 Å². The van der Waals surface area contributed by atoms with E-state index in [0.29, 0.717) is 19.1 Å². The van der Waals surface area contributed by atoms with Gasteiger partial charge in [-0.15, -0.1) is 0 Å². The molecule has 7 heteroatoms. The lowest BCUT2D eigenvalue weighted by atomic mass is 10.1. The Bertz CT molecular complexity index is 592. The first kappa shape index (κ1) is 15.1. The molecule has 0 saturated heterocycles. The largest absolute Gasteiger partial charge is 0.308 e. The van der Waals surface area contributed by atoms with E-state index >= 15 is 0 Å². The molecule has 112 valence electrons. The number of aryl methyl sites for hydroxylation is 2. The van der Waals surface area contributed by atoms with E-state index in [4.69, 9.17) is 0 Å². The molecular weight excluding hydrogens is 270 g/mol. The minimum Gasteiger partial charge on any atom is -0.308 e. The Labute approximate surface area is 123 Å². The normalized spacial score (nSPS) is 11.0. The number of rotatable bonds is 7. The molecule has 0 bridgehead atoms. The van der Waals surface area contributed by atoms with Crippen molar-refractivity contribution in [1.82, 2.24) is 20.1 Å². The summed E-state index contributed by atoms with van der Waals surface area (Å²) in [5.41, 5.74) is 1.15. The summed E-state index contributed by atoms with van der Waals surface area (Å²) in [6, 6.07) is 7.00. The number of nitro benzene ring substituents is 1. The van der Waals surface area contributed by atoms with E-state index in [1.807, 2.05) is 4.68 Å². The van der Waals surface area contributed by atoms with Crippen molar-refractivity contribution < 1.29 is 4.92 Å². The maximum absolute atomic E-state index is 10.6. The quantitative estimate of drug-likeness (QED) is 0.621. The van der Waals surface area contributed by atoms with E-state index in [1.54, 1.807) is 18.5 Å². The predicted octanol–water partition coefficient (Wildman–Crippen LogP) is 1.93. The number of nitrogens with zero attached hydrogens (tertiary/aromatic N) is 4. The molecule has 0 atom stereocenters. The second-order valence-corrected chi connectivity index (χ2v) is 5.11. The zero-order chi connectivity index (χ0) is 15.2. The monoisotopic (exact) mass is 289 g/mol. The molecule has 2 aromatic rings. The third-order valence-electron chi connectivity index (χ3n) is 3.12. The number of hydrogen-bond acceptors (Lipinski definition) is 5. The first-order valence-electron chi connectivity index (χ1n) is 6.89. The molecule has 0 aliphatic heterocycles. The lowest BCUT2D eigenvalue weighted by Gasteiger charge is -2.09. The standard InChI is InChI=1S/C14H19N5O2/c1-11(2)15-9-14-16-10-17-18(14)8-7-12-3-5-13(6-4-12)19(20)21/h3-6,10-11,15H,7-9H2,1-2H3. The minimum absolute atomic E-state index is 0.112. The Morgan fingerprint density at radius 1 is 1.33 bits per heavy atom. The van der Waals surface area contributed by atoms with Crippen LogP contribution in [-0.2, 0) is 19.5 Å². The summed E-state index contributed by atoms with van der Waals surface area (Å²) >= 11 is 0. The molecule has 0 saturated carbocycles. The van der Waals surface area contributed by atoms with Crippen LogP contribution in [0.25, 0.3) is 0 Å². The van der Waals surface area contributed by atoms with Crippen molar-refractivity contribution in [3.05, 3.63) is 52.1 Å². The highest BCUT2D eigenvalue weighted by Gasteiger charge is 2.07.